The van der Waals surface area contributed by atoms with Gasteiger partial charge in [-0.3, -0.25) is 4.79 Å². The number of primary sulfonamides is 1. The standard InChI is InChI=1S/C13H13BrN2O4S2/c14-9-1-3-10(4-2-9)20-8-12(17)16-7-11-5-6-13(21-11)22(15,18)19/h1-6H,7-8H2,(H,16,17)(H2,15,18,19). The molecule has 3 N–H and O–H groups in total. The zero-order valence-electron chi connectivity index (χ0n) is 11.3. The number of nitrogens with two attached hydrogens (primary N) is 1. The number of carbonyl (C=O) groups is 1. The molecule has 1 aromatic heterocycles. The lowest BCUT2D eigenvalue weighted by Crippen LogP contribution is -2.28. The van der Waals surface area contributed by atoms with Gasteiger partial charge in [0.25, 0.3) is 5.91 Å². The molecule has 0 unspecified atom stereocenters. The third-order valence-corrected chi connectivity index (χ3v) is 5.61. The molecular weight excluding hydrogens is 392 g/mol. The number of halogens is 1. The summed E-state index contributed by atoms with van der Waals surface area (Å²) in [4.78, 5) is 12.4. The van der Waals surface area contributed by atoms with Crippen molar-refractivity contribution in [2.75, 3.05) is 6.61 Å². The monoisotopic (exact) mass is 404 g/mol. The van der Waals surface area contributed by atoms with Crippen LogP contribution in [-0.2, 0) is 21.4 Å². The van der Waals surface area contributed by atoms with Crippen LogP contribution in [0, 0.1) is 0 Å². The van der Waals surface area contributed by atoms with Crippen molar-refractivity contribution in [1.29, 1.82) is 0 Å². The zero-order valence-corrected chi connectivity index (χ0v) is 14.5. The van der Waals surface area contributed by atoms with Crippen LogP contribution >= 0.6 is 27.3 Å². The Balaban J connectivity index is 1.80. The van der Waals surface area contributed by atoms with Gasteiger partial charge in [-0.25, -0.2) is 13.6 Å². The van der Waals surface area contributed by atoms with Crippen LogP contribution < -0.4 is 15.2 Å². The Morgan fingerprint density at radius 2 is 1.91 bits per heavy atom. The van der Waals surface area contributed by atoms with Gasteiger partial charge in [-0.05, 0) is 36.4 Å². The van der Waals surface area contributed by atoms with Gasteiger partial charge in [0.1, 0.15) is 9.96 Å². The molecule has 0 fully saturated rings. The minimum Gasteiger partial charge on any atom is -0.484 e. The maximum atomic E-state index is 11.7. The van der Waals surface area contributed by atoms with E-state index in [-0.39, 0.29) is 23.3 Å². The van der Waals surface area contributed by atoms with E-state index in [4.69, 9.17) is 9.88 Å². The summed E-state index contributed by atoms with van der Waals surface area (Å²) < 4.78 is 28.6. The number of sulfonamides is 1. The van der Waals surface area contributed by atoms with Crippen molar-refractivity contribution in [2.45, 2.75) is 10.8 Å². The normalized spacial score (nSPS) is 11.2. The van der Waals surface area contributed by atoms with Crippen molar-refractivity contribution in [3.8, 4) is 5.75 Å². The zero-order chi connectivity index (χ0) is 16.2. The number of hydrogen-bond donors (Lipinski definition) is 2. The lowest BCUT2D eigenvalue weighted by Gasteiger charge is -2.06. The molecule has 0 bridgehead atoms. The first-order valence-corrected chi connectivity index (χ1v) is 9.27. The Morgan fingerprint density at radius 1 is 1.23 bits per heavy atom. The first-order chi connectivity index (χ1) is 10.3. The van der Waals surface area contributed by atoms with E-state index >= 15 is 0 Å². The Bertz CT molecular complexity index is 757. The summed E-state index contributed by atoms with van der Waals surface area (Å²) in [5, 5.41) is 7.67. The van der Waals surface area contributed by atoms with Gasteiger partial charge < -0.3 is 10.1 Å². The van der Waals surface area contributed by atoms with E-state index in [2.05, 4.69) is 21.2 Å². The molecule has 0 aliphatic rings. The van der Waals surface area contributed by atoms with E-state index in [1.54, 1.807) is 18.2 Å². The van der Waals surface area contributed by atoms with E-state index in [9.17, 15) is 13.2 Å². The van der Waals surface area contributed by atoms with Crippen LogP contribution in [0.2, 0.25) is 0 Å². The van der Waals surface area contributed by atoms with Crippen molar-refractivity contribution in [3.05, 3.63) is 45.7 Å². The Kier molecular flexibility index (Phi) is 5.57. The molecule has 2 rings (SSSR count). The molecule has 9 heteroatoms. The maximum Gasteiger partial charge on any atom is 0.258 e. The number of carbonyl (C=O) groups excluding carboxylic acids is 1. The quantitative estimate of drug-likeness (QED) is 0.767. The van der Waals surface area contributed by atoms with Gasteiger partial charge in [0, 0.05) is 9.35 Å². The lowest BCUT2D eigenvalue weighted by atomic mass is 10.3. The molecule has 0 saturated heterocycles. The highest BCUT2D eigenvalue weighted by Gasteiger charge is 2.11. The highest BCUT2D eigenvalue weighted by Crippen LogP contribution is 2.20. The predicted molar refractivity (Wildman–Crippen MR) is 87.2 cm³/mol. The van der Waals surface area contributed by atoms with Crippen LogP contribution in [-0.4, -0.2) is 20.9 Å². The van der Waals surface area contributed by atoms with Crippen molar-refractivity contribution in [3.63, 3.8) is 0 Å². The molecule has 1 amide bonds. The molecule has 2 aromatic rings. The second kappa shape index (κ2) is 7.23. The van der Waals surface area contributed by atoms with Gasteiger partial charge in [0.05, 0.1) is 6.54 Å². The summed E-state index contributed by atoms with van der Waals surface area (Å²) in [7, 11) is -3.69. The summed E-state index contributed by atoms with van der Waals surface area (Å²) in [5.74, 6) is 0.291. The molecule has 0 atom stereocenters. The lowest BCUT2D eigenvalue weighted by molar-refractivity contribution is -0.123. The molecule has 0 saturated carbocycles. The van der Waals surface area contributed by atoms with Crippen LogP contribution in [0.4, 0.5) is 0 Å². The number of hydrogen-bond acceptors (Lipinski definition) is 5. The van der Waals surface area contributed by atoms with Gasteiger partial charge >= 0.3 is 0 Å². The fourth-order valence-electron chi connectivity index (χ4n) is 1.52. The van der Waals surface area contributed by atoms with Crippen molar-refractivity contribution >= 4 is 43.2 Å². The predicted octanol–water partition coefficient (Wildman–Crippen LogP) is 1.85. The molecule has 0 spiro atoms. The third kappa shape index (κ3) is 5.09. The molecule has 0 aliphatic carbocycles. The van der Waals surface area contributed by atoms with E-state index < -0.39 is 10.0 Å². The molecule has 1 heterocycles. The number of ether oxygens (including phenoxy) is 1. The number of nitrogens with one attached hydrogen (secondary N) is 1. The van der Waals surface area contributed by atoms with Gasteiger partial charge in [-0.2, -0.15) is 0 Å². The summed E-state index contributed by atoms with van der Waals surface area (Å²) >= 11 is 4.33. The molecule has 0 radical (unpaired) electrons. The molecule has 1 aromatic carbocycles. The van der Waals surface area contributed by atoms with E-state index in [0.717, 1.165) is 15.8 Å². The average Bonchev–Trinajstić information content (AvgIpc) is 2.93. The number of rotatable bonds is 6. The Hall–Kier alpha value is -1.42. The molecule has 22 heavy (non-hydrogen) atoms. The van der Waals surface area contributed by atoms with Crippen LogP contribution in [0.5, 0.6) is 5.75 Å². The number of amides is 1. The summed E-state index contributed by atoms with van der Waals surface area (Å²) in [6.07, 6.45) is 0. The Labute approximate surface area is 140 Å². The highest BCUT2D eigenvalue weighted by molar-refractivity contribution is 9.10. The first kappa shape index (κ1) is 16.9. The second-order valence-corrected chi connectivity index (χ2v) is 8.16. The molecule has 0 aliphatic heterocycles. The van der Waals surface area contributed by atoms with Crippen molar-refractivity contribution in [2.24, 2.45) is 5.14 Å². The number of benzene rings is 1. The highest BCUT2D eigenvalue weighted by atomic mass is 79.9. The van der Waals surface area contributed by atoms with E-state index in [1.807, 2.05) is 12.1 Å². The van der Waals surface area contributed by atoms with Gasteiger partial charge in [-0.1, -0.05) is 15.9 Å². The molecule has 6 nitrogen and oxygen atoms in total. The summed E-state index contributed by atoms with van der Waals surface area (Å²) in [6, 6.07) is 10.1. The topological polar surface area (TPSA) is 98.5 Å². The second-order valence-electron chi connectivity index (χ2n) is 4.29. The van der Waals surface area contributed by atoms with Gasteiger partial charge in [0.15, 0.2) is 6.61 Å². The fourth-order valence-corrected chi connectivity index (χ4v) is 3.51. The smallest absolute Gasteiger partial charge is 0.258 e. The first-order valence-electron chi connectivity index (χ1n) is 6.11. The maximum absolute atomic E-state index is 11.7. The van der Waals surface area contributed by atoms with Crippen molar-refractivity contribution in [1.82, 2.24) is 5.32 Å². The molecular formula is C13H13BrN2O4S2. The number of thiophene rings is 1. The minimum absolute atomic E-state index is 0.0721. The van der Waals surface area contributed by atoms with Crippen LogP contribution in [0.15, 0.2) is 45.1 Å². The summed E-state index contributed by atoms with van der Waals surface area (Å²) in [5.41, 5.74) is 0. The summed E-state index contributed by atoms with van der Waals surface area (Å²) in [6.45, 7) is 0.109. The van der Waals surface area contributed by atoms with Gasteiger partial charge in [0.2, 0.25) is 10.0 Å². The average molecular weight is 405 g/mol. The van der Waals surface area contributed by atoms with E-state index in [1.165, 1.54) is 6.07 Å². The Morgan fingerprint density at radius 3 is 2.50 bits per heavy atom. The minimum atomic E-state index is -3.69. The van der Waals surface area contributed by atoms with Crippen LogP contribution in [0.25, 0.3) is 0 Å². The van der Waals surface area contributed by atoms with Crippen molar-refractivity contribution < 1.29 is 17.9 Å². The van der Waals surface area contributed by atoms with Crippen LogP contribution in [0.3, 0.4) is 0 Å². The third-order valence-electron chi connectivity index (χ3n) is 2.56. The largest absolute Gasteiger partial charge is 0.484 e. The van der Waals surface area contributed by atoms with Gasteiger partial charge in [-0.15, -0.1) is 11.3 Å². The fraction of sp³-hybridized carbons (Fsp3) is 0.154. The van der Waals surface area contributed by atoms with Crippen LogP contribution in [0.1, 0.15) is 4.88 Å². The molecule has 118 valence electrons. The van der Waals surface area contributed by atoms with E-state index in [0.29, 0.717) is 10.6 Å². The SMILES string of the molecule is NS(=O)(=O)c1ccc(CNC(=O)COc2ccc(Br)cc2)s1.